The van der Waals surface area contributed by atoms with Gasteiger partial charge in [0.25, 0.3) is 0 Å². The molecule has 1 saturated carbocycles. The van der Waals surface area contributed by atoms with Crippen molar-refractivity contribution in [2.24, 2.45) is 17.7 Å². The number of hydrazine groups is 1. The minimum Gasteiger partial charge on any atom is -0.378 e. The topological polar surface area (TPSA) is 47.3 Å². The largest absolute Gasteiger partial charge is 0.378 e. The summed E-state index contributed by atoms with van der Waals surface area (Å²) in [4.78, 5) is 0. The van der Waals surface area contributed by atoms with Gasteiger partial charge in [-0.3, -0.25) is 11.3 Å². The SMILES string of the molecule is CCOC1CC(CC(NN)C(C)C)C1. The number of hydrogen-bond acceptors (Lipinski definition) is 3. The Kier molecular flexibility index (Phi) is 4.85. The number of nitrogens with two attached hydrogens (primary N) is 1. The summed E-state index contributed by atoms with van der Waals surface area (Å²) in [6, 6.07) is 0.461. The van der Waals surface area contributed by atoms with Crippen molar-refractivity contribution in [3.05, 3.63) is 0 Å². The molecule has 0 saturated heterocycles. The van der Waals surface area contributed by atoms with E-state index in [0.29, 0.717) is 18.1 Å². The number of rotatable bonds is 6. The first-order valence-electron chi connectivity index (χ1n) is 5.75. The van der Waals surface area contributed by atoms with E-state index in [4.69, 9.17) is 10.6 Å². The van der Waals surface area contributed by atoms with E-state index in [0.717, 1.165) is 12.5 Å². The molecule has 0 amide bonds. The van der Waals surface area contributed by atoms with Gasteiger partial charge in [-0.05, 0) is 38.0 Å². The summed E-state index contributed by atoms with van der Waals surface area (Å²) in [5, 5.41) is 0. The molecule has 0 bridgehead atoms. The van der Waals surface area contributed by atoms with E-state index < -0.39 is 0 Å². The van der Waals surface area contributed by atoms with Crippen LogP contribution >= 0.6 is 0 Å². The van der Waals surface area contributed by atoms with Crippen LogP contribution in [0.25, 0.3) is 0 Å². The average molecular weight is 200 g/mol. The van der Waals surface area contributed by atoms with Crippen LogP contribution in [0, 0.1) is 11.8 Å². The third kappa shape index (κ3) is 3.23. The Labute approximate surface area is 87.4 Å². The van der Waals surface area contributed by atoms with Crippen molar-refractivity contribution in [1.82, 2.24) is 5.43 Å². The summed E-state index contributed by atoms with van der Waals surface area (Å²) in [6.07, 6.45) is 4.16. The third-order valence-electron chi connectivity index (χ3n) is 3.20. The second-order valence-electron chi connectivity index (χ2n) is 4.67. The maximum atomic E-state index is 5.53. The van der Waals surface area contributed by atoms with E-state index in [2.05, 4.69) is 26.2 Å². The fourth-order valence-corrected chi connectivity index (χ4v) is 2.13. The van der Waals surface area contributed by atoms with Crippen molar-refractivity contribution < 1.29 is 4.74 Å². The molecule has 0 spiro atoms. The minimum absolute atomic E-state index is 0.461. The first-order valence-corrected chi connectivity index (χ1v) is 5.75. The van der Waals surface area contributed by atoms with Crippen LogP contribution in [0.1, 0.15) is 40.0 Å². The Morgan fingerprint density at radius 3 is 2.50 bits per heavy atom. The van der Waals surface area contributed by atoms with Crippen LogP contribution in [0.2, 0.25) is 0 Å². The summed E-state index contributed by atoms with van der Waals surface area (Å²) in [5.74, 6) is 6.94. The van der Waals surface area contributed by atoms with E-state index >= 15 is 0 Å². The van der Waals surface area contributed by atoms with Crippen LogP contribution < -0.4 is 11.3 Å². The highest BCUT2D eigenvalue weighted by Gasteiger charge is 2.31. The summed E-state index contributed by atoms with van der Waals surface area (Å²) in [6.45, 7) is 7.33. The molecule has 3 N–H and O–H groups in total. The zero-order valence-corrected chi connectivity index (χ0v) is 9.62. The molecule has 0 aliphatic heterocycles. The Morgan fingerprint density at radius 2 is 2.07 bits per heavy atom. The van der Waals surface area contributed by atoms with Gasteiger partial charge in [-0.1, -0.05) is 13.8 Å². The standard InChI is InChI=1S/C11H24N2O/c1-4-14-10-5-9(6-10)7-11(13-12)8(2)3/h8-11,13H,4-7,12H2,1-3H3. The molecule has 1 aliphatic rings. The van der Waals surface area contributed by atoms with E-state index in [1.54, 1.807) is 0 Å². The second-order valence-corrected chi connectivity index (χ2v) is 4.67. The normalized spacial score (nSPS) is 28.9. The van der Waals surface area contributed by atoms with Gasteiger partial charge in [0.1, 0.15) is 0 Å². The maximum absolute atomic E-state index is 5.53. The lowest BCUT2D eigenvalue weighted by atomic mass is 9.76. The molecule has 1 unspecified atom stereocenters. The molecule has 0 heterocycles. The predicted octanol–water partition coefficient (Wildman–Crippen LogP) is 1.68. The molecule has 0 aromatic rings. The molecular formula is C11H24N2O. The highest BCUT2D eigenvalue weighted by Crippen LogP contribution is 2.34. The van der Waals surface area contributed by atoms with Crippen molar-refractivity contribution >= 4 is 0 Å². The molecule has 1 aliphatic carbocycles. The van der Waals surface area contributed by atoms with E-state index in [-0.39, 0.29) is 0 Å². The molecule has 0 aromatic heterocycles. The molecule has 0 radical (unpaired) electrons. The molecule has 3 heteroatoms. The van der Waals surface area contributed by atoms with Crippen molar-refractivity contribution in [3.8, 4) is 0 Å². The molecule has 3 nitrogen and oxygen atoms in total. The van der Waals surface area contributed by atoms with Crippen LogP contribution in [0.3, 0.4) is 0 Å². The van der Waals surface area contributed by atoms with Crippen LogP contribution in [-0.2, 0) is 4.74 Å². The van der Waals surface area contributed by atoms with E-state index in [1.807, 2.05) is 0 Å². The van der Waals surface area contributed by atoms with Gasteiger partial charge in [0.2, 0.25) is 0 Å². The van der Waals surface area contributed by atoms with Crippen molar-refractivity contribution in [2.75, 3.05) is 6.61 Å². The lowest BCUT2D eigenvalue weighted by molar-refractivity contribution is -0.0303. The van der Waals surface area contributed by atoms with Crippen molar-refractivity contribution in [1.29, 1.82) is 0 Å². The second kappa shape index (κ2) is 5.69. The summed E-state index contributed by atoms with van der Waals surface area (Å²) in [7, 11) is 0. The molecule has 1 rings (SSSR count). The molecule has 1 atom stereocenters. The zero-order chi connectivity index (χ0) is 10.6. The molecule has 84 valence electrons. The Balaban J connectivity index is 2.14. The van der Waals surface area contributed by atoms with E-state index in [1.165, 1.54) is 19.3 Å². The molecule has 14 heavy (non-hydrogen) atoms. The number of ether oxygens (including phenoxy) is 1. The summed E-state index contributed by atoms with van der Waals surface area (Å²) >= 11 is 0. The van der Waals surface area contributed by atoms with Gasteiger partial charge in [-0.25, -0.2) is 0 Å². The Morgan fingerprint density at radius 1 is 1.43 bits per heavy atom. The van der Waals surface area contributed by atoms with Gasteiger partial charge in [-0.2, -0.15) is 0 Å². The minimum atomic E-state index is 0.461. The zero-order valence-electron chi connectivity index (χ0n) is 9.62. The monoisotopic (exact) mass is 200 g/mol. The van der Waals surface area contributed by atoms with Gasteiger partial charge in [0.05, 0.1) is 6.10 Å². The van der Waals surface area contributed by atoms with Crippen molar-refractivity contribution in [3.63, 3.8) is 0 Å². The molecule has 0 aromatic carbocycles. The van der Waals surface area contributed by atoms with Gasteiger partial charge in [-0.15, -0.1) is 0 Å². The summed E-state index contributed by atoms with van der Waals surface area (Å²) in [5.41, 5.74) is 2.91. The summed E-state index contributed by atoms with van der Waals surface area (Å²) < 4.78 is 5.53. The Bertz CT molecular complexity index is 155. The number of nitrogens with one attached hydrogen (secondary N) is 1. The van der Waals surface area contributed by atoms with Gasteiger partial charge >= 0.3 is 0 Å². The van der Waals surface area contributed by atoms with E-state index in [9.17, 15) is 0 Å². The highest BCUT2D eigenvalue weighted by molar-refractivity contribution is 4.84. The average Bonchev–Trinajstić information content (AvgIpc) is 2.08. The van der Waals surface area contributed by atoms with Crippen LogP contribution in [0.4, 0.5) is 0 Å². The van der Waals surface area contributed by atoms with Crippen LogP contribution in [-0.4, -0.2) is 18.8 Å². The first-order chi connectivity index (χ1) is 6.67. The fraction of sp³-hybridized carbons (Fsp3) is 1.00. The van der Waals surface area contributed by atoms with Crippen LogP contribution in [0.15, 0.2) is 0 Å². The fourth-order valence-electron chi connectivity index (χ4n) is 2.13. The predicted molar refractivity (Wildman–Crippen MR) is 58.7 cm³/mol. The quantitative estimate of drug-likeness (QED) is 0.506. The number of hydrogen-bond donors (Lipinski definition) is 2. The van der Waals surface area contributed by atoms with Gasteiger partial charge in [0.15, 0.2) is 0 Å². The third-order valence-corrected chi connectivity index (χ3v) is 3.20. The lowest BCUT2D eigenvalue weighted by Gasteiger charge is -2.37. The van der Waals surface area contributed by atoms with Crippen molar-refractivity contribution in [2.45, 2.75) is 52.2 Å². The Hall–Kier alpha value is -0.120. The smallest absolute Gasteiger partial charge is 0.0580 e. The van der Waals surface area contributed by atoms with Gasteiger partial charge in [0, 0.05) is 12.6 Å². The maximum Gasteiger partial charge on any atom is 0.0580 e. The lowest BCUT2D eigenvalue weighted by Crippen LogP contribution is -2.43. The van der Waals surface area contributed by atoms with Gasteiger partial charge < -0.3 is 4.74 Å². The highest BCUT2D eigenvalue weighted by atomic mass is 16.5. The first kappa shape index (κ1) is 12.0. The molecular weight excluding hydrogens is 176 g/mol. The molecule has 1 fully saturated rings. The van der Waals surface area contributed by atoms with Crippen LogP contribution in [0.5, 0.6) is 0 Å².